The number of hydrogen-bond acceptors (Lipinski definition) is 2. The zero-order valence-corrected chi connectivity index (χ0v) is 25.5. The second-order valence-electron chi connectivity index (χ2n) is 10.1. The Morgan fingerprint density at radius 3 is 1.93 bits per heavy atom. The predicted molar refractivity (Wildman–Crippen MR) is 149 cm³/mol. The fraction of sp³-hybridized carbons (Fsp3) is 0.286. The molecule has 0 spiro atoms. The number of carbonyl (C=O) groups excluding carboxylic acids is 2. The maximum absolute atomic E-state index is 15.9. The van der Waals surface area contributed by atoms with Gasteiger partial charge in [0.2, 0.25) is 0 Å². The molecule has 1 saturated carbocycles. The zero-order chi connectivity index (χ0) is 34.6. The van der Waals surface area contributed by atoms with Crippen LogP contribution < -0.4 is 10.2 Å². The van der Waals surface area contributed by atoms with E-state index in [9.17, 15) is 53.5 Å². The minimum atomic E-state index is -6.73. The van der Waals surface area contributed by atoms with Crippen LogP contribution in [0.15, 0.2) is 53.0 Å². The van der Waals surface area contributed by atoms with E-state index in [1.807, 2.05) is 0 Å². The molecule has 1 aliphatic carbocycles. The molecule has 46 heavy (non-hydrogen) atoms. The van der Waals surface area contributed by atoms with Gasteiger partial charge in [0, 0.05) is 32.2 Å². The van der Waals surface area contributed by atoms with Gasteiger partial charge in [0.15, 0.2) is 5.82 Å². The van der Waals surface area contributed by atoms with Crippen LogP contribution in [0.4, 0.5) is 59.7 Å². The molecule has 0 heterocycles. The largest absolute Gasteiger partial charge is 0.435 e. The van der Waals surface area contributed by atoms with Crippen LogP contribution in [0.2, 0.25) is 10.0 Å². The molecule has 0 aliphatic heterocycles. The van der Waals surface area contributed by atoms with Gasteiger partial charge in [-0.25, -0.2) is 8.78 Å². The smallest absolute Gasteiger partial charge is 0.320 e. The highest BCUT2D eigenvalue weighted by Gasteiger charge is 2.73. The summed E-state index contributed by atoms with van der Waals surface area (Å²) in [6.07, 6.45) is -17.9. The molecule has 248 valence electrons. The second-order valence-corrected chi connectivity index (χ2v) is 11.9. The number of carbonyl (C=O) groups is 2. The number of rotatable bonds is 7. The van der Waals surface area contributed by atoms with Crippen molar-refractivity contribution in [3.05, 3.63) is 91.1 Å². The van der Waals surface area contributed by atoms with Gasteiger partial charge in [0.1, 0.15) is 0 Å². The zero-order valence-electron chi connectivity index (χ0n) is 22.4. The van der Waals surface area contributed by atoms with Gasteiger partial charge in [-0.1, -0.05) is 29.3 Å². The molecule has 0 radical (unpaired) electrons. The molecule has 18 heteroatoms. The van der Waals surface area contributed by atoms with Crippen LogP contribution >= 0.6 is 39.1 Å². The number of nitrogens with one attached hydrogen (secondary N) is 1. The molecule has 2 amide bonds. The van der Waals surface area contributed by atoms with Crippen molar-refractivity contribution in [3.8, 4) is 0 Å². The lowest BCUT2D eigenvalue weighted by molar-refractivity contribution is -0.348. The summed E-state index contributed by atoms with van der Waals surface area (Å²) in [7, 11) is 0. The average molecular weight is 772 g/mol. The van der Waals surface area contributed by atoms with Crippen LogP contribution in [0, 0.1) is 11.7 Å². The number of benzene rings is 3. The summed E-state index contributed by atoms with van der Waals surface area (Å²) in [6, 6.07) is 5.82. The molecule has 0 bridgehead atoms. The van der Waals surface area contributed by atoms with Gasteiger partial charge in [-0.05, 0) is 77.2 Å². The molecule has 0 unspecified atom stereocenters. The molecule has 3 aromatic rings. The van der Waals surface area contributed by atoms with Gasteiger partial charge >= 0.3 is 24.2 Å². The van der Waals surface area contributed by atoms with E-state index in [0.717, 1.165) is 23.1 Å². The maximum atomic E-state index is 15.9. The Bertz CT molecular complexity index is 1660. The third kappa shape index (κ3) is 7.08. The Balaban J connectivity index is 1.78. The lowest BCUT2D eigenvalue weighted by atomic mass is 9.92. The SMILES string of the molecule is O=C(Nc1c(Br)cc(C(F)(C(F)(F)F)C(F)(F)F)cc1C(F)(F)F)c1cccc(N(CC2CC2)C(=O)c2cc(Cl)cc(Cl)c2)c1F. The number of alkyl halides is 10. The lowest BCUT2D eigenvalue weighted by Gasteiger charge is -2.31. The standard InChI is InChI=1S/C28H16BrCl2F11N2O2/c29-19-9-14(25(33,27(37,38)39)28(40,41)42)8-18(26(34,35)36)22(19)43-23(45)17-2-1-3-20(21(17)32)44(11-12-4-5-12)24(46)13-6-15(30)10-16(31)7-13/h1-3,6-10,12H,4-5,11H2,(H,43,45). The lowest BCUT2D eigenvalue weighted by Crippen LogP contribution is -2.50. The fourth-order valence-electron chi connectivity index (χ4n) is 4.41. The number of nitrogens with zero attached hydrogens (tertiary/aromatic N) is 1. The Labute approximate surface area is 270 Å². The first-order chi connectivity index (χ1) is 21.1. The highest BCUT2D eigenvalue weighted by Crippen LogP contribution is 2.55. The summed E-state index contributed by atoms with van der Waals surface area (Å²) >= 11 is 14.3. The molecule has 0 atom stereocenters. The van der Waals surface area contributed by atoms with Crippen molar-refractivity contribution in [3.63, 3.8) is 0 Å². The van der Waals surface area contributed by atoms with Crippen LogP contribution in [0.25, 0.3) is 0 Å². The molecule has 1 fully saturated rings. The third-order valence-electron chi connectivity index (χ3n) is 6.82. The molecule has 4 rings (SSSR count). The van der Waals surface area contributed by atoms with Crippen molar-refractivity contribution >= 4 is 62.3 Å². The van der Waals surface area contributed by atoms with E-state index in [1.54, 1.807) is 5.32 Å². The first kappa shape index (κ1) is 35.7. The van der Waals surface area contributed by atoms with Crippen molar-refractivity contribution in [2.75, 3.05) is 16.8 Å². The van der Waals surface area contributed by atoms with Crippen molar-refractivity contribution in [1.29, 1.82) is 0 Å². The van der Waals surface area contributed by atoms with Crippen molar-refractivity contribution in [2.45, 2.75) is 37.0 Å². The summed E-state index contributed by atoms with van der Waals surface area (Å²) in [6.45, 7) is -0.0421. The summed E-state index contributed by atoms with van der Waals surface area (Å²) in [5, 5.41) is 1.77. The van der Waals surface area contributed by atoms with E-state index in [2.05, 4.69) is 15.9 Å². The molecule has 4 nitrogen and oxygen atoms in total. The van der Waals surface area contributed by atoms with E-state index >= 15 is 4.39 Å². The van der Waals surface area contributed by atoms with Crippen LogP contribution in [-0.2, 0) is 11.8 Å². The summed E-state index contributed by atoms with van der Waals surface area (Å²) in [4.78, 5) is 27.5. The molecular weight excluding hydrogens is 756 g/mol. The highest BCUT2D eigenvalue weighted by molar-refractivity contribution is 9.10. The molecule has 1 N–H and O–H groups in total. The predicted octanol–water partition coefficient (Wildman–Crippen LogP) is 10.5. The van der Waals surface area contributed by atoms with E-state index in [0.29, 0.717) is 12.8 Å². The van der Waals surface area contributed by atoms with E-state index < -0.39 is 80.4 Å². The van der Waals surface area contributed by atoms with Gasteiger partial charge in [0.25, 0.3) is 11.8 Å². The molecule has 0 saturated heterocycles. The number of hydrogen-bond donors (Lipinski definition) is 1. The number of amides is 2. The van der Waals surface area contributed by atoms with E-state index in [4.69, 9.17) is 23.2 Å². The van der Waals surface area contributed by atoms with Gasteiger partial charge < -0.3 is 10.2 Å². The van der Waals surface area contributed by atoms with Crippen molar-refractivity contribution in [1.82, 2.24) is 0 Å². The Morgan fingerprint density at radius 2 is 1.43 bits per heavy atom. The number of anilines is 2. The van der Waals surface area contributed by atoms with E-state index in [1.165, 1.54) is 18.2 Å². The second kappa shape index (κ2) is 12.5. The van der Waals surface area contributed by atoms with Crippen LogP contribution in [0.1, 0.15) is 44.7 Å². The third-order valence-corrected chi connectivity index (χ3v) is 7.88. The monoisotopic (exact) mass is 770 g/mol. The van der Waals surface area contributed by atoms with Gasteiger partial charge in [-0.15, -0.1) is 0 Å². The first-order valence-electron chi connectivity index (χ1n) is 12.7. The van der Waals surface area contributed by atoms with Crippen molar-refractivity contribution < 1.29 is 57.9 Å². The summed E-state index contributed by atoms with van der Waals surface area (Å²) < 4.78 is 151. The normalized spacial score (nSPS) is 14.3. The Kier molecular flexibility index (Phi) is 9.70. The fourth-order valence-corrected chi connectivity index (χ4v) is 5.50. The van der Waals surface area contributed by atoms with Crippen molar-refractivity contribution in [2.24, 2.45) is 5.92 Å². The molecule has 3 aromatic carbocycles. The Hall–Kier alpha value is -3.11. The summed E-state index contributed by atoms with van der Waals surface area (Å²) in [5.41, 5.74) is -13.9. The van der Waals surface area contributed by atoms with Gasteiger partial charge in [-0.2, -0.15) is 39.5 Å². The molecular formula is C28H16BrCl2F11N2O2. The Morgan fingerprint density at radius 1 is 0.870 bits per heavy atom. The van der Waals surface area contributed by atoms with Crippen LogP contribution in [-0.4, -0.2) is 30.7 Å². The van der Waals surface area contributed by atoms with Crippen LogP contribution in [0.3, 0.4) is 0 Å². The minimum absolute atomic E-state index is 0.0421. The summed E-state index contributed by atoms with van der Waals surface area (Å²) in [5.74, 6) is -3.90. The average Bonchev–Trinajstić information content (AvgIpc) is 3.74. The number of halogens is 14. The van der Waals surface area contributed by atoms with Gasteiger partial charge in [0.05, 0.1) is 22.5 Å². The van der Waals surface area contributed by atoms with Gasteiger partial charge in [-0.3, -0.25) is 9.59 Å². The maximum Gasteiger partial charge on any atom is 0.435 e. The quantitative estimate of drug-likeness (QED) is 0.243. The topological polar surface area (TPSA) is 49.4 Å². The minimum Gasteiger partial charge on any atom is -0.320 e. The highest BCUT2D eigenvalue weighted by atomic mass is 79.9. The molecule has 1 aliphatic rings. The van der Waals surface area contributed by atoms with Crippen LogP contribution in [0.5, 0.6) is 0 Å². The molecule has 0 aromatic heterocycles. The van der Waals surface area contributed by atoms with E-state index in [-0.39, 0.29) is 34.1 Å². The first-order valence-corrected chi connectivity index (χ1v) is 14.2.